The van der Waals surface area contributed by atoms with Gasteiger partial charge < -0.3 is 14.2 Å². The smallest absolute Gasteiger partial charge is 0.306 e. The number of hydrogen-bond donors (Lipinski definition) is 0. The first kappa shape index (κ1) is 66.4. The van der Waals surface area contributed by atoms with E-state index < -0.39 is 6.10 Å². The first-order chi connectivity index (χ1) is 33.3. The molecule has 0 bridgehead atoms. The Morgan fingerprint density at radius 2 is 0.559 bits per heavy atom. The standard InChI is InChI=1S/C62H120O6/c1-6-8-9-10-11-12-13-14-15-18-23-26-29-32-39-44-49-54-62(65)68-59(56-67-61(64)53-48-43-38-34-33-36-41-46-51-58(5)7-2)55-66-60(63)52-47-42-37-31-28-25-22-20-17-16-19-21-24-27-30-35-40-45-50-57(3)4/h57-59H,6-56H2,1-5H3/t58?,59-/m0/s1. The molecule has 6 nitrogen and oxygen atoms in total. The largest absolute Gasteiger partial charge is 0.462 e. The fraction of sp³-hybridized carbons (Fsp3) is 0.952. The first-order valence-corrected chi connectivity index (χ1v) is 30.8. The molecule has 2 atom stereocenters. The van der Waals surface area contributed by atoms with Gasteiger partial charge in [-0.2, -0.15) is 0 Å². The van der Waals surface area contributed by atoms with Crippen molar-refractivity contribution in [3.05, 3.63) is 0 Å². The average Bonchev–Trinajstić information content (AvgIpc) is 3.32. The molecule has 6 heteroatoms. The van der Waals surface area contributed by atoms with Gasteiger partial charge in [0.2, 0.25) is 0 Å². The lowest BCUT2D eigenvalue weighted by atomic mass is 9.99. The van der Waals surface area contributed by atoms with Crippen molar-refractivity contribution in [3.63, 3.8) is 0 Å². The van der Waals surface area contributed by atoms with Crippen LogP contribution < -0.4 is 0 Å². The predicted molar refractivity (Wildman–Crippen MR) is 293 cm³/mol. The number of carbonyl (C=O) groups is 3. The van der Waals surface area contributed by atoms with Crippen LogP contribution in [0, 0.1) is 11.8 Å². The van der Waals surface area contributed by atoms with Crippen LogP contribution in [0.1, 0.15) is 349 Å². The molecule has 68 heavy (non-hydrogen) atoms. The molecule has 0 saturated heterocycles. The second-order valence-electron chi connectivity index (χ2n) is 22.1. The van der Waals surface area contributed by atoms with E-state index in [1.807, 2.05) is 0 Å². The number of hydrogen-bond acceptors (Lipinski definition) is 6. The minimum absolute atomic E-state index is 0.0626. The van der Waals surface area contributed by atoms with Crippen molar-refractivity contribution in [2.24, 2.45) is 11.8 Å². The zero-order valence-corrected chi connectivity index (χ0v) is 46.7. The Hall–Kier alpha value is -1.59. The van der Waals surface area contributed by atoms with Crippen LogP contribution in [0.4, 0.5) is 0 Å². The van der Waals surface area contributed by atoms with Crippen LogP contribution in [0.25, 0.3) is 0 Å². The lowest BCUT2D eigenvalue weighted by Gasteiger charge is -2.18. The van der Waals surface area contributed by atoms with Gasteiger partial charge in [0.1, 0.15) is 13.2 Å². The Morgan fingerprint density at radius 1 is 0.309 bits per heavy atom. The predicted octanol–water partition coefficient (Wildman–Crippen LogP) is 20.4. The van der Waals surface area contributed by atoms with E-state index in [0.717, 1.165) is 69.6 Å². The lowest BCUT2D eigenvalue weighted by molar-refractivity contribution is -0.167. The van der Waals surface area contributed by atoms with Crippen molar-refractivity contribution in [1.82, 2.24) is 0 Å². The Morgan fingerprint density at radius 3 is 0.838 bits per heavy atom. The van der Waals surface area contributed by atoms with Gasteiger partial charge in [0.05, 0.1) is 0 Å². The van der Waals surface area contributed by atoms with E-state index in [2.05, 4.69) is 34.6 Å². The fourth-order valence-electron chi connectivity index (χ4n) is 9.55. The van der Waals surface area contributed by atoms with E-state index in [9.17, 15) is 14.4 Å². The summed E-state index contributed by atoms with van der Waals surface area (Å²) in [7, 11) is 0. The zero-order chi connectivity index (χ0) is 49.6. The molecular formula is C62H120O6. The van der Waals surface area contributed by atoms with Crippen molar-refractivity contribution in [1.29, 1.82) is 0 Å². The van der Waals surface area contributed by atoms with Crippen LogP contribution >= 0.6 is 0 Å². The van der Waals surface area contributed by atoms with E-state index in [0.29, 0.717) is 19.3 Å². The van der Waals surface area contributed by atoms with E-state index in [-0.39, 0.29) is 31.1 Å². The average molecular weight is 962 g/mol. The number of carbonyl (C=O) groups excluding carboxylic acids is 3. The molecule has 0 fully saturated rings. The molecule has 0 N–H and O–H groups in total. The van der Waals surface area contributed by atoms with Gasteiger partial charge in [0, 0.05) is 19.3 Å². The Balaban J connectivity index is 4.24. The van der Waals surface area contributed by atoms with Gasteiger partial charge in [-0.25, -0.2) is 0 Å². The fourth-order valence-corrected chi connectivity index (χ4v) is 9.55. The van der Waals surface area contributed by atoms with Gasteiger partial charge >= 0.3 is 17.9 Å². The van der Waals surface area contributed by atoms with Crippen LogP contribution in [0.5, 0.6) is 0 Å². The first-order valence-electron chi connectivity index (χ1n) is 30.8. The molecule has 0 radical (unpaired) electrons. The number of esters is 3. The molecule has 0 aromatic heterocycles. The summed E-state index contributed by atoms with van der Waals surface area (Å²) >= 11 is 0. The van der Waals surface area contributed by atoms with Gasteiger partial charge in [-0.3, -0.25) is 14.4 Å². The summed E-state index contributed by atoms with van der Waals surface area (Å²) in [4.78, 5) is 38.2. The third kappa shape index (κ3) is 53.8. The summed E-state index contributed by atoms with van der Waals surface area (Å²) < 4.78 is 16.9. The van der Waals surface area contributed by atoms with Crippen LogP contribution in [-0.4, -0.2) is 37.2 Å². The highest BCUT2D eigenvalue weighted by molar-refractivity contribution is 5.71. The topological polar surface area (TPSA) is 78.9 Å². The van der Waals surface area contributed by atoms with Crippen molar-refractivity contribution >= 4 is 17.9 Å². The summed E-state index contributed by atoms with van der Waals surface area (Å²) in [6.45, 7) is 11.4. The third-order valence-corrected chi connectivity index (χ3v) is 14.6. The van der Waals surface area contributed by atoms with Gasteiger partial charge in [-0.1, -0.05) is 311 Å². The summed E-state index contributed by atoms with van der Waals surface area (Å²) in [6.07, 6.45) is 59.6. The van der Waals surface area contributed by atoms with Gasteiger partial charge in [-0.05, 0) is 31.1 Å². The molecule has 0 aromatic rings. The Bertz CT molecular complexity index is 1040. The molecule has 404 valence electrons. The molecule has 0 aliphatic heterocycles. The maximum Gasteiger partial charge on any atom is 0.306 e. The van der Waals surface area contributed by atoms with Crippen molar-refractivity contribution in [2.45, 2.75) is 355 Å². The van der Waals surface area contributed by atoms with E-state index in [1.165, 1.54) is 238 Å². The molecule has 0 spiro atoms. The molecule has 0 amide bonds. The van der Waals surface area contributed by atoms with Crippen LogP contribution in [0.2, 0.25) is 0 Å². The van der Waals surface area contributed by atoms with Crippen LogP contribution in [-0.2, 0) is 28.6 Å². The van der Waals surface area contributed by atoms with Crippen LogP contribution in [0.3, 0.4) is 0 Å². The molecule has 0 aliphatic carbocycles. The quantitative estimate of drug-likeness (QED) is 0.0343. The summed E-state index contributed by atoms with van der Waals surface area (Å²) in [5.74, 6) is 0.870. The lowest BCUT2D eigenvalue weighted by Crippen LogP contribution is -2.30. The number of ether oxygens (including phenoxy) is 3. The minimum atomic E-state index is -0.763. The SMILES string of the molecule is CCCCCCCCCCCCCCCCCCCC(=O)O[C@@H](COC(=O)CCCCCCCCCCCCCCCCCCCCC(C)C)COC(=O)CCCCCCCCCCC(C)CC. The zero-order valence-electron chi connectivity index (χ0n) is 46.7. The van der Waals surface area contributed by atoms with E-state index in [1.54, 1.807) is 0 Å². The molecule has 0 aliphatic rings. The molecule has 0 saturated carbocycles. The molecule has 0 rings (SSSR count). The van der Waals surface area contributed by atoms with Gasteiger partial charge in [-0.15, -0.1) is 0 Å². The highest BCUT2D eigenvalue weighted by atomic mass is 16.6. The maximum absolute atomic E-state index is 12.9. The molecule has 0 aromatic carbocycles. The highest BCUT2D eigenvalue weighted by Crippen LogP contribution is 2.19. The van der Waals surface area contributed by atoms with Crippen molar-refractivity contribution in [3.8, 4) is 0 Å². The highest BCUT2D eigenvalue weighted by Gasteiger charge is 2.19. The van der Waals surface area contributed by atoms with Gasteiger partial charge in [0.15, 0.2) is 6.10 Å². The maximum atomic E-state index is 12.9. The number of rotatable bonds is 56. The summed E-state index contributed by atoms with van der Waals surface area (Å²) in [5.41, 5.74) is 0. The van der Waals surface area contributed by atoms with Crippen LogP contribution in [0.15, 0.2) is 0 Å². The second-order valence-corrected chi connectivity index (χ2v) is 22.1. The van der Waals surface area contributed by atoms with Gasteiger partial charge in [0.25, 0.3) is 0 Å². The summed E-state index contributed by atoms with van der Waals surface area (Å²) in [6, 6.07) is 0. The van der Waals surface area contributed by atoms with Crippen molar-refractivity contribution < 1.29 is 28.6 Å². The Labute approximate surface area is 425 Å². The molecule has 0 heterocycles. The van der Waals surface area contributed by atoms with E-state index in [4.69, 9.17) is 14.2 Å². The monoisotopic (exact) mass is 961 g/mol. The molecule has 1 unspecified atom stereocenters. The number of unbranched alkanes of at least 4 members (excludes halogenated alkanes) is 40. The molecular weight excluding hydrogens is 841 g/mol. The summed E-state index contributed by atoms with van der Waals surface area (Å²) in [5, 5.41) is 0. The van der Waals surface area contributed by atoms with E-state index >= 15 is 0 Å². The normalized spacial score (nSPS) is 12.4. The second kappa shape index (κ2) is 54.7. The van der Waals surface area contributed by atoms with Crippen molar-refractivity contribution in [2.75, 3.05) is 13.2 Å². The minimum Gasteiger partial charge on any atom is -0.462 e. The third-order valence-electron chi connectivity index (χ3n) is 14.6. The Kier molecular flexibility index (Phi) is 53.5.